The molecule has 4 rings (SSSR count). The molecule has 0 spiro atoms. The first-order valence-electron chi connectivity index (χ1n) is 7.35. The van der Waals surface area contributed by atoms with Crippen molar-refractivity contribution >= 4 is 17.5 Å². The SMILES string of the molecule is O=C(c1cnccn1)N1C[C@H]2CN(c3cncnc3)C(=O)[C@H]2C1. The van der Waals surface area contributed by atoms with E-state index in [1.54, 1.807) is 22.2 Å². The van der Waals surface area contributed by atoms with Gasteiger partial charge in [0.05, 0.1) is 30.2 Å². The van der Waals surface area contributed by atoms with Crippen LogP contribution in [-0.2, 0) is 4.79 Å². The average molecular weight is 310 g/mol. The summed E-state index contributed by atoms with van der Waals surface area (Å²) in [7, 11) is 0. The van der Waals surface area contributed by atoms with Crippen LogP contribution in [0.1, 0.15) is 10.5 Å². The molecule has 0 unspecified atom stereocenters. The number of carbonyl (C=O) groups is 2. The number of hydrogen-bond acceptors (Lipinski definition) is 6. The van der Waals surface area contributed by atoms with Crippen molar-refractivity contribution in [2.45, 2.75) is 0 Å². The summed E-state index contributed by atoms with van der Waals surface area (Å²) in [6.45, 7) is 1.56. The van der Waals surface area contributed by atoms with Crippen LogP contribution in [0, 0.1) is 11.8 Å². The maximum atomic E-state index is 12.6. The molecule has 0 saturated carbocycles. The van der Waals surface area contributed by atoms with Crippen molar-refractivity contribution in [1.82, 2.24) is 24.8 Å². The number of rotatable bonds is 2. The van der Waals surface area contributed by atoms with E-state index in [4.69, 9.17) is 0 Å². The van der Waals surface area contributed by atoms with Crippen molar-refractivity contribution in [1.29, 1.82) is 0 Å². The molecule has 8 nitrogen and oxygen atoms in total. The fraction of sp³-hybridized carbons (Fsp3) is 0.333. The minimum atomic E-state index is -0.171. The Morgan fingerprint density at radius 3 is 2.57 bits per heavy atom. The van der Waals surface area contributed by atoms with Crippen LogP contribution in [0.5, 0.6) is 0 Å². The normalized spacial score (nSPS) is 23.2. The second-order valence-corrected chi connectivity index (χ2v) is 5.71. The summed E-state index contributed by atoms with van der Waals surface area (Å²) in [6, 6.07) is 0. The van der Waals surface area contributed by atoms with Crippen LogP contribution < -0.4 is 4.90 Å². The van der Waals surface area contributed by atoms with Gasteiger partial charge in [-0.25, -0.2) is 15.0 Å². The lowest BCUT2D eigenvalue weighted by Gasteiger charge is -2.21. The van der Waals surface area contributed by atoms with Crippen LogP contribution >= 0.6 is 0 Å². The van der Waals surface area contributed by atoms with Crippen LogP contribution in [0.2, 0.25) is 0 Å². The zero-order chi connectivity index (χ0) is 15.8. The first-order chi connectivity index (χ1) is 11.2. The second kappa shape index (κ2) is 5.38. The van der Waals surface area contributed by atoms with Crippen molar-refractivity contribution in [3.8, 4) is 0 Å². The summed E-state index contributed by atoms with van der Waals surface area (Å²) >= 11 is 0. The average Bonchev–Trinajstić information content (AvgIpc) is 3.16. The number of anilines is 1. The molecule has 0 bridgehead atoms. The van der Waals surface area contributed by atoms with Crippen LogP contribution in [0.3, 0.4) is 0 Å². The van der Waals surface area contributed by atoms with Gasteiger partial charge in [0.2, 0.25) is 5.91 Å². The maximum absolute atomic E-state index is 12.6. The zero-order valence-electron chi connectivity index (χ0n) is 12.2. The molecular formula is C15H14N6O2. The predicted octanol–water partition coefficient (Wildman–Crippen LogP) is 0.00160. The highest BCUT2D eigenvalue weighted by Crippen LogP contribution is 2.35. The van der Waals surface area contributed by atoms with Gasteiger partial charge in [-0.2, -0.15) is 0 Å². The van der Waals surface area contributed by atoms with E-state index in [9.17, 15) is 9.59 Å². The van der Waals surface area contributed by atoms with Gasteiger partial charge in [-0.05, 0) is 0 Å². The molecule has 0 aliphatic carbocycles. The Labute approximate surface area is 132 Å². The molecule has 2 aliphatic rings. The number of nitrogens with zero attached hydrogens (tertiary/aromatic N) is 6. The molecule has 2 aromatic rings. The minimum Gasteiger partial charge on any atom is -0.336 e. The molecule has 0 N–H and O–H groups in total. The van der Waals surface area contributed by atoms with Gasteiger partial charge in [0.1, 0.15) is 12.0 Å². The molecule has 2 aliphatic heterocycles. The Balaban J connectivity index is 1.49. The molecule has 2 amide bonds. The van der Waals surface area contributed by atoms with Crippen LogP contribution in [0.25, 0.3) is 0 Å². The summed E-state index contributed by atoms with van der Waals surface area (Å²) in [5.41, 5.74) is 1.02. The van der Waals surface area contributed by atoms with Crippen molar-refractivity contribution in [2.75, 3.05) is 24.5 Å². The largest absolute Gasteiger partial charge is 0.336 e. The van der Waals surface area contributed by atoms with E-state index < -0.39 is 0 Å². The van der Waals surface area contributed by atoms with E-state index in [0.717, 1.165) is 0 Å². The monoisotopic (exact) mass is 310 g/mol. The van der Waals surface area contributed by atoms with Gasteiger partial charge in [0, 0.05) is 37.9 Å². The van der Waals surface area contributed by atoms with Crippen molar-refractivity contribution in [3.63, 3.8) is 0 Å². The van der Waals surface area contributed by atoms with Gasteiger partial charge in [-0.3, -0.25) is 14.6 Å². The van der Waals surface area contributed by atoms with E-state index in [1.807, 2.05) is 0 Å². The summed E-state index contributed by atoms with van der Waals surface area (Å²) in [4.78, 5) is 44.3. The van der Waals surface area contributed by atoms with E-state index in [1.165, 1.54) is 24.9 Å². The van der Waals surface area contributed by atoms with E-state index in [-0.39, 0.29) is 23.7 Å². The molecule has 116 valence electrons. The molecule has 23 heavy (non-hydrogen) atoms. The van der Waals surface area contributed by atoms with E-state index in [2.05, 4.69) is 19.9 Å². The molecule has 8 heteroatoms. The van der Waals surface area contributed by atoms with Crippen molar-refractivity contribution in [3.05, 3.63) is 43.0 Å². The molecular weight excluding hydrogens is 296 g/mol. The Kier molecular flexibility index (Phi) is 3.22. The van der Waals surface area contributed by atoms with Crippen LogP contribution in [-0.4, -0.2) is 56.3 Å². The third-order valence-corrected chi connectivity index (χ3v) is 4.37. The molecule has 0 aromatic carbocycles. The third-order valence-electron chi connectivity index (χ3n) is 4.37. The number of carbonyl (C=O) groups excluding carboxylic acids is 2. The van der Waals surface area contributed by atoms with Gasteiger partial charge < -0.3 is 9.80 Å². The summed E-state index contributed by atoms with van der Waals surface area (Å²) < 4.78 is 0. The van der Waals surface area contributed by atoms with E-state index in [0.29, 0.717) is 31.0 Å². The highest BCUT2D eigenvalue weighted by Gasteiger charge is 2.48. The topological polar surface area (TPSA) is 92.2 Å². The van der Waals surface area contributed by atoms with Gasteiger partial charge in [-0.1, -0.05) is 0 Å². The number of fused-ring (bicyclic) bond motifs is 1. The Bertz CT molecular complexity index is 738. The van der Waals surface area contributed by atoms with Gasteiger partial charge in [0.25, 0.3) is 5.91 Å². The van der Waals surface area contributed by atoms with Gasteiger partial charge >= 0.3 is 0 Å². The number of amides is 2. The number of hydrogen-bond donors (Lipinski definition) is 0. The summed E-state index contributed by atoms with van der Waals surface area (Å²) in [5, 5.41) is 0. The predicted molar refractivity (Wildman–Crippen MR) is 79.3 cm³/mol. The van der Waals surface area contributed by atoms with Crippen LogP contribution in [0.4, 0.5) is 5.69 Å². The quantitative estimate of drug-likeness (QED) is 0.775. The highest BCUT2D eigenvalue weighted by atomic mass is 16.2. The summed E-state index contributed by atoms with van der Waals surface area (Å²) in [6.07, 6.45) is 9.17. The molecule has 2 saturated heterocycles. The van der Waals surface area contributed by atoms with Crippen LogP contribution in [0.15, 0.2) is 37.3 Å². The van der Waals surface area contributed by atoms with Gasteiger partial charge in [0.15, 0.2) is 0 Å². The fourth-order valence-electron chi connectivity index (χ4n) is 3.26. The fourth-order valence-corrected chi connectivity index (χ4v) is 3.26. The molecule has 2 fully saturated rings. The third kappa shape index (κ3) is 2.32. The second-order valence-electron chi connectivity index (χ2n) is 5.71. The lowest BCUT2D eigenvalue weighted by molar-refractivity contribution is -0.120. The molecule has 0 radical (unpaired) electrons. The van der Waals surface area contributed by atoms with Crippen molar-refractivity contribution in [2.24, 2.45) is 11.8 Å². The molecule has 2 atom stereocenters. The standard InChI is InChI=1S/C15H14N6O2/c22-14-12-8-20(15(23)13-5-16-1-2-19-13)6-10(12)7-21(14)11-3-17-9-18-4-11/h1-5,9-10,12H,6-8H2/t10-,12-/m0/s1. The zero-order valence-corrected chi connectivity index (χ0v) is 12.2. The number of likely N-dealkylation sites (tertiary alicyclic amines) is 1. The Morgan fingerprint density at radius 2 is 1.87 bits per heavy atom. The maximum Gasteiger partial charge on any atom is 0.274 e. The summed E-state index contributed by atoms with van der Waals surface area (Å²) in [5.74, 6) is -0.187. The minimum absolute atomic E-state index is 0.0271. The molecule has 4 heterocycles. The first-order valence-corrected chi connectivity index (χ1v) is 7.35. The number of aromatic nitrogens is 4. The van der Waals surface area contributed by atoms with E-state index >= 15 is 0 Å². The highest BCUT2D eigenvalue weighted by molar-refractivity contribution is 5.99. The lowest BCUT2D eigenvalue weighted by atomic mass is 10.0. The smallest absolute Gasteiger partial charge is 0.274 e. The van der Waals surface area contributed by atoms with Crippen molar-refractivity contribution < 1.29 is 9.59 Å². The first kappa shape index (κ1) is 13.7. The Morgan fingerprint density at radius 1 is 1.04 bits per heavy atom. The Hall–Kier alpha value is -2.90. The lowest BCUT2D eigenvalue weighted by Crippen LogP contribution is -2.36. The molecule has 2 aromatic heterocycles. The van der Waals surface area contributed by atoms with Gasteiger partial charge in [-0.15, -0.1) is 0 Å².